The maximum atomic E-state index is 13.4. The van der Waals surface area contributed by atoms with Crippen LogP contribution in [0.15, 0.2) is 77.6 Å². The molecule has 3 aromatic carbocycles. The van der Waals surface area contributed by atoms with Crippen LogP contribution >= 0.6 is 0 Å². The molecule has 3 heteroatoms. The second-order valence-corrected chi connectivity index (χ2v) is 9.10. The van der Waals surface area contributed by atoms with Crippen LogP contribution in [0.25, 0.3) is 22.0 Å². The van der Waals surface area contributed by atoms with Gasteiger partial charge in [0.05, 0.1) is 0 Å². The molecule has 0 N–H and O–H groups in total. The van der Waals surface area contributed by atoms with Gasteiger partial charge in [0.1, 0.15) is 0 Å². The zero-order chi connectivity index (χ0) is 19.0. The van der Waals surface area contributed by atoms with E-state index in [4.69, 9.17) is 0 Å². The number of rotatable bonds is 3. The van der Waals surface area contributed by atoms with Crippen molar-refractivity contribution in [2.24, 2.45) is 7.05 Å². The summed E-state index contributed by atoms with van der Waals surface area (Å²) in [5.41, 5.74) is 5.70. The molecule has 1 heterocycles. The van der Waals surface area contributed by atoms with Gasteiger partial charge in [0.25, 0.3) is 0 Å². The van der Waals surface area contributed by atoms with Crippen LogP contribution in [-0.4, -0.2) is 19.5 Å². The van der Waals surface area contributed by atoms with Crippen LogP contribution < -0.4 is 14.5 Å². The van der Waals surface area contributed by atoms with Crippen LogP contribution in [0.4, 0.5) is 0 Å². The summed E-state index contributed by atoms with van der Waals surface area (Å²) in [7, 11) is 1.89. The van der Waals surface area contributed by atoms with Crippen molar-refractivity contribution in [1.82, 2.24) is 4.57 Å². The van der Waals surface area contributed by atoms with Gasteiger partial charge in [-0.25, -0.2) is 0 Å². The molecule has 0 amide bonds. The molecular weight excluding hydrogens is 397 g/mol. The zero-order valence-electron chi connectivity index (χ0n) is 15.7. The van der Waals surface area contributed by atoms with Gasteiger partial charge in [-0.05, 0) is 0 Å². The van der Waals surface area contributed by atoms with Gasteiger partial charge >= 0.3 is 166 Å². The summed E-state index contributed by atoms with van der Waals surface area (Å²) >= 11 is -0.0627. The fraction of sp³-hybridized carbons (Fsp3) is 0.125. The van der Waals surface area contributed by atoms with Crippen molar-refractivity contribution in [3.8, 4) is 11.1 Å². The van der Waals surface area contributed by atoms with Gasteiger partial charge in [-0.15, -0.1) is 0 Å². The Morgan fingerprint density at radius 2 is 1.48 bits per heavy atom. The van der Waals surface area contributed by atoms with Crippen molar-refractivity contribution in [3.63, 3.8) is 0 Å². The molecule has 1 aromatic heterocycles. The number of benzene rings is 3. The van der Waals surface area contributed by atoms with E-state index in [9.17, 15) is 4.79 Å². The third-order valence-corrected chi connectivity index (χ3v) is 7.11. The predicted octanol–water partition coefficient (Wildman–Crippen LogP) is 3.48. The van der Waals surface area contributed by atoms with Crippen LogP contribution in [0.1, 0.15) is 11.1 Å². The van der Waals surface area contributed by atoms with E-state index < -0.39 is 0 Å². The normalized spacial score (nSPS) is 11.1. The second kappa shape index (κ2) is 7.19. The first-order valence-corrected chi connectivity index (χ1v) is 10.7. The number of fused-ring (bicyclic) bond motifs is 1. The molecule has 0 aliphatic carbocycles. The Morgan fingerprint density at radius 1 is 0.852 bits per heavy atom. The van der Waals surface area contributed by atoms with Crippen LogP contribution in [-0.2, 0) is 7.05 Å². The van der Waals surface area contributed by atoms with Crippen molar-refractivity contribution in [3.05, 3.63) is 94.3 Å². The minimum absolute atomic E-state index is 0.0627. The molecule has 0 aliphatic heterocycles. The van der Waals surface area contributed by atoms with Crippen LogP contribution in [0.3, 0.4) is 0 Å². The van der Waals surface area contributed by atoms with E-state index in [1.54, 1.807) is 0 Å². The van der Waals surface area contributed by atoms with Gasteiger partial charge in [0.15, 0.2) is 0 Å². The first-order chi connectivity index (χ1) is 13.1. The Labute approximate surface area is 165 Å². The SMILES string of the molecule is Cc1cc(C)c2c(-c3ccccc3)c([Se]c3ccccc3)c(=O)n(C)c2c1. The van der Waals surface area contributed by atoms with E-state index in [1.807, 2.05) is 48.0 Å². The molecular formula is C24H21NOSe. The third-order valence-electron chi connectivity index (χ3n) is 4.82. The molecule has 0 aliphatic rings. The van der Waals surface area contributed by atoms with Gasteiger partial charge in [0, 0.05) is 0 Å². The molecule has 0 radical (unpaired) electrons. The molecule has 4 rings (SSSR count). The van der Waals surface area contributed by atoms with Crippen LogP contribution in [0.5, 0.6) is 0 Å². The molecule has 0 bridgehead atoms. The Kier molecular flexibility index (Phi) is 4.73. The summed E-state index contributed by atoms with van der Waals surface area (Å²) in [4.78, 5) is 13.4. The number of hydrogen-bond donors (Lipinski definition) is 0. The van der Waals surface area contributed by atoms with Gasteiger partial charge in [0.2, 0.25) is 0 Å². The number of aryl methyl sites for hydroxylation is 3. The Balaban J connectivity index is 2.13. The number of nitrogens with zero attached hydrogens (tertiary/aromatic N) is 1. The number of aromatic nitrogens is 1. The van der Waals surface area contributed by atoms with E-state index >= 15 is 0 Å². The van der Waals surface area contributed by atoms with E-state index in [1.165, 1.54) is 21.0 Å². The molecule has 27 heavy (non-hydrogen) atoms. The molecule has 134 valence electrons. The topological polar surface area (TPSA) is 22.0 Å². The molecule has 2 nitrogen and oxygen atoms in total. The summed E-state index contributed by atoms with van der Waals surface area (Å²) in [6.07, 6.45) is 0. The average Bonchev–Trinajstić information content (AvgIpc) is 2.68. The quantitative estimate of drug-likeness (QED) is 0.467. The summed E-state index contributed by atoms with van der Waals surface area (Å²) < 4.78 is 3.95. The third kappa shape index (κ3) is 3.25. The van der Waals surface area contributed by atoms with E-state index in [0.717, 1.165) is 21.1 Å². The molecule has 0 saturated heterocycles. The van der Waals surface area contributed by atoms with Gasteiger partial charge < -0.3 is 0 Å². The maximum absolute atomic E-state index is 13.4. The van der Waals surface area contributed by atoms with Crippen molar-refractivity contribution >= 4 is 34.8 Å². The zero-order valence-corrected chi connectivity index (χ0v) is 17.4. The van der Waals surface area contributed by atoms with Crippen molar-refractivity contribution < 1.29 is 0 Å². The van der Waals surface area contributed by atoms with Crippen molar-refractivity contribution in [2.75, 3.05) is 0 Å². The summed E-state index contributed by atoms with van der Waals surface area (Å²) in [6.45, 7) is 4.23. The Bertz CT molecular complexity index is 1180. The van der Waals surface area contributed by atoms with E-state index in [2.05, 4.69) is 50.2 Å². The molecule has 0 saturated carbocycles. The Morgan fingerprint density at radius 3 is 2.15 bits per heavy atom. The van der Waals surface area contributed by atoms with Crippen molar-refractivity contribution in [2.45, 2.75) is 13.8 Å². The van der Waals surface area contributed by atoms with Crippen molar-refractivity contribution in [1.29, 1.82) is 0 Å². The fourth-order valence-electron chi connectivity index (χ4n) is 3.60. The van der Waals surface area contributed by atoms with Crippen LogP contribution in [0, 0.1) is 13.8 Å². The second-order valence-electron chi connectivity index (χ2n) is 6.83. The summed E-state index contributed by atoms with van der Waals surface area (Å²) in [6, 6.07) is 25.0. The Hall–Kier alpha value is -2.61. The van der Waals surface area contributed by atoms with Gasteiger partial charge in [-0.1, -0.05) is 0 Å². The van der Waals surface area contributed by atoms with E-state index in [-0.39, 0.29) is 20.5 Å². The number of pyridine rings is 1. The monoisotopic (exact) mass is 419 g/mol. The molecule has 0 spiro atoms. The molecule has 0 atom stereocenters. The predicted molar refractivity (Wildman–Crippen MR) is 116 cm³/mol. The van der Waals surface area contributed by atoms with Crippen LogP contribution in [0.2, 0.25) is 0 Å². The number of hydrogen-bond acceptors (Lipinski definition) is 1. The molecule has 4 aromatic rings. The van der Waals surface area contributed by atoms with E-state index in [0.29, 0.717) is 0 Å². The summed E-state index contributed by atoms with van der Waals surface area (Å²) in [5, 5.41) is 1.18. The molecule has 0 unspecified atom stereocenters. The first kappa shape index (κ1) is 17.8. The molecule has 0 fully saturated rings. The first-order valence-electron chi connectivity index (χ1n) is 8.98. The minimum atomic E-state index is -0.0627. The summed E-state index contributed by atoms with van der Waals surface area (Å²) in [5.74, 6) is 0. The standard InChI is InChI=1S/C24H21NOSe/c1-16-14-17(2)21-20(15-16)25(3)24(26)23(27-19-12-8-5-9-13-19)22(21)18-10-6-4-7-11-18/h4-15H,1-3H3. The van der Waals surface area contributed by atoms with Gasteiger partial charge in [-0.2, -0.15) is 0 Å². The van der Waals surface area contributed by atoms with Gasteiger partial charge in [-0.3, -0.25) is 0 Å². The fourth-order valence-corrected chi connectivity index (χ4v) is 5.85. The average molecular weight is 418 g/mol.